The molecule has 1 aromatic heterocycles. The van der Waals surface area contributed by atoms with Crippen LogP contribution in [0.5, 0.6) is 0 Å². The molecule has 0 saturated heterocycles. The number of hydrogen-bond donors (Lipinski definition) is 0. The molecule has 1 aromatic rings. The number of nitrogens with zero attached hydrogens (tertiary/aromatic N) is 1. The minimum absolute atomic E-state index is 0.569. The van der Waals surface area contributed by atoms with Crippen molar-refractivity contribution in [3.8, 4) is 24.7 Å². The molecule has 0 atom stereocenters. The number of rotatable bonds is 12. The van der Waals surface area contributed by atoms with Crippen molar-refractivity contribution in [2.24, 2.45) is 0 Å². The molecule has 0 fully saturated rings. The summed E-state index contributed by atoms with van der Waals surface area (Å²) < 4.78 is 11.6. The van der Waals surface area contributed by atoms with Gasteiger partial charge in [-0.05, 0) is 50.7 Å². The Bertz CT molecular complexity index is 566. The molecule has 3 nitrogen and oxygen atoms in total. The molecule has 0 N–H and O–H groups in total. The highest BCUT2D eigenvalue weighted by molar-refractivity contribution is 5.34. The second-order valence-electron chi connectivity index (χ2n) is 5.90. The lowest BCUT2D eigenvalue weighted by atomic mass is 10.0. The normalized spacial score (nSPS) is 10.3. The van der Waals surface area contributed by atoms with E-state index in [1.165, 1.54) is 11.1 Å². The maximum absolute atomic E-state index is 5.83. The maximum Gasteiger partial charge on any atom is 0.0735 e. The van der Waals surface area contributed by atoms with Crippen molar-refractivity contribution in [2.75, 3.05) is 13.2 Å². The van der Waals surface area contributed by atoms with Gasteiger partial charge in [0.05, 0.1) is 13.2 Å². The lowest BCUT2D eigenvalue weighted by Gasteiger charge is -2.15. The Morgan fingerprint density at radius 1 is 0.917 bits per heavy atom. The van der Waals surface area contributed by atoms with Gasteiger partial charge in [-0.2, -0.15) is 0 Å². The van der Waals surface area contributed by atoms with Crippen LogP contribution in [0.3, 0.4) is 0 Å². The summed E-state index contributed by atoms with van der Waals surface area (Å²) in [6, 6.07) is 0. The standard InChI is InChI=1S/C21H29NO2/c1-5-7-9-11-13-23-16-20-15-22-19(4)18(3)21(20)17-24-14-12-10-8-6-2/h1-2,15H,7-14,16-17H2,3-4H3. The lowest BCUT2D eigenvalue weighted by Crippen LogP contribution is -2.07. The van der Waals surface area contributed by atoms with Crippen molar-refractivity contribution >= 4 is 0 Å². The van der Waals surface area contributed by atoms with Crippen LogP contribution >= 0.6 is 0 Å². The Balaban J connectivity index is 2.48. The van der Waals surface area contributed by atoms with Gasteiger partial charge in [0.25, 0.3) is 0 Å². The number of aryl methyl sites for hydroxylation is 1. The highest BCUT2D eigenvalue weighted by Crippen LogP contribution is 2.18. The molecule has 130 valence electrons. The third-order valence-corrected chi connectivity index (χ3v) is 4.02. The van der Waals surface area contributed by atoms with Crippen molar-refractivity contribution in [3.63, 3.8) is 0 Å². The topological polar surface area (TPSA) is 31.4 Å². The van der Waals surface area contributed by atoms with Gasteiger partial charge in [0.15, 0.2) is 0 Å². The zero-order valence-electron chi connectivity index (χ0n) is 15.1. The summed E-state index contributed by atoms with van der Waals surface area (Å²) in [6.07, 6.45) is 18.0. The van der Waals surface area contributed by atoms with Crippen LogP contribution in [-0.2, 0) is 22.7 Å². The number of unbranched alkanes of at least 4 members (excludes halogenated alkanes) is 4. The molecule has 0 aliphatic rings. The number of hydrogen-bond acceptors (Lipinski definition) is 3. The lowest BCUT2D eigenvalue weighted by molar-refractivity contribution is 0.103. The van der Waals surface area contributed by atoms with Gasteiger partial charge >= 0.3 is 0 Å². The third-order valence-electron chi connectivity index (χ3n) is 4.02. The van der Waals surface area contributed by atoms with E-state index in [1.807, 2.05) is 13.1 Å². The average molecular weight is 327 g/mol. The van der Waals surface area contributed by atoms with E-state index in [0.717, 1.165) is 63.0 Å². The van der Waals surface area contributed by atoms with Gasteiger partial charge in [0.1, 0.15) is 0 Å². The quantitative estimate of drug-likeness (QED) is 0.423. The van der Waals surface area contributed by atoms with Crippen LogP contribution in [0, 0.1) is 38.5 Å². The first-order valence-corrected chi connectivity index (χ1v) is 8.67. The van der Waals surface area contributed by atoms with Crippen molar-refractivity contribution in [2.45, 2.75) is 65.6 Å². The molecule has 0 unspecified atom stereocenters. The molecule has 0 amide bonds. The fourth-order valence-corrected chi connectivity index (χ4v) is 2.35. The highest BCUT2D eigenvalue weighted by Gasteiger charge is 2.10. The van der Waals surface area contributed by atoms with E-state index in [2.05, 4.69) is 23.7 Å². The summed E-state index contributed by atoms with van der Waals surface area (Å²) in [5, 5.41) is 0. The van der Waals surface area contributed by atoms with E-state index in [4.69, 9.17) is 22.3 Å². The van der Waals surface area contributed by atoms with E-state index in [-0.39, 0.29) is 0 Å². The van der Waals surface area contributed by atoms with Crippen molar-refractivity contribution in [1.29, 1.82) is 0 Å². The zero-order chi connectivity index (χ0) is 17.6. The molecule has 1 rings (SSSR count). The van der Waals surface area contributed by atoms with Gasteiger partial charge in [0.2, 0.25) is 0 Å². The summed E-state index contributed by atoms with van der Waals surface area (Å²) in [5.41, 5.74) is 4.53. The van der Waals surface area contributed by atoms with E-state index in [9.17, 15) is 0 Å². The van der Waals surface area contributed by atoms with Crippen LogP contribution in [0.1, 0.15) is 60.9 Å². The van der Waals surface area contributed by atoms with Gasteiger partial charge in [-0.25, -0.2) is 0 Å². The molecule has 24 heavy (non-hydrogen) atoms. The molecule has 0 aromatic carbocycles. The van der Waals surface area contributed by atoms with Gasteiger partial charge in [0, 0.05) is 43.5 Å². The summed E-state index contributed by atoms with van der Waals surface area (Å²) in [6.45, 7) is 6.74. The minimum atomic E-state index is 0.569. The number of pyridine rings is 1. The predicted molar refractivity (Wildman–Crippen MR) is 98.4 cm³/mol. The van der Waals surface area contributed by atoms with Gasteiger partial charge < -0.3 is 9.47 Å². The first kappa shape index (κ1) is 20.2. The van der Waals surface area contributed by atoms with Crippen LogP contribution in [0.15, 0.2) is 6.20 Å². The Hall–Kier alpha value is -1.81. The smallest absolute Gasteiger partial charge is 0.0735 e. The summed E-state index contributed by atoms with van der Waals surface area (Å²) >= 11 is 0. The van der Waals surface area contributed by atoms with Crippen molar-refractivity contribution < 1.29 is 9.47 Å². The molecule has 0 aliphatic carbocycles. The fourth-order valence-electron chi connectivity index (χ4n) is 2.35. The molecular formula is C21H29NO2. The molecule has 1 heterocycles. The summed E-state index contributed by atoms with van der Waals surface area (Å²) in [4.78, 5) is 4.45. The van der Waals surface area contributed by atoms with Crippen LogP contribution in [0.25, 0.3) is 0 Å². The van der Waals surface area contributed by atoms with Crippen LogP contribution < -0.4 is 0 Å². The first-order valence-electron chi connectivity index (χ1n) is 8.67. The zero-order valence-corrected chi connectivity index (χ0v) is 15.1. The Morgan fingerprint density at radius 2 is 1.50 bits per heavy atom. The Kier molecular flexibility index (Phi) is 10.6. The maximum atomic E-state index is 5.83. The van der Waals surface area contributed by atoms with Crippen molar-refractivity contribution in [1.82, 2.24) is 4.98 Å². The van der Waals surface area contributed by atoms with E-state index < -0.39 is 0 Å². The van der Waals surface area contributed by atoms with Crippen molar-refractivity contribution in [3.05, 3.63) is 28.6 Å². The van der Waals surface area contributed by atoms with E-state index in [1.54, 1.807) is 0 Å². The summed E-state index contributed by atoms with van der Waals surface area (Å²) in [7, 11) is 0. The SMILES string of the molecule is C#CCCCCOCc1cnc(C)c(C)c1COCCCCC#C. The Labute approximate surface area is 147 Å². The van der Waals surface area contributed by atoms with Crippen LogP contribution in [0.4, 0.5) is 0 Å². The number of terminal acetylenes is 2. The largest absolute Gasteiger partial charge is 0.377 e. The van der Waals surface area contributed by atoms with Gasteiger partial charge in [-0.1, -0.05) is 0 Å². The Morgan fingerprint density at radius 3 is 2.08 bits per heavy atom. The van der Waals surface area contributed by atoms with Crippen LogP contribution in [-0.4, -0.2) is 18.2 Å². The highest BCUT2D eigenvalue weighted by atomic mass is 16.5. The second-order valence-corrected chi connectivity index (χ2v) is 5.90. The molecule has 0 aliphatic heterocycles. The first-order chi connectivity index (χ1) is 11.7. The third kappa shape index (κ3) is 7.64. The molecule has 0 spiro atoms. The molecule has 0 saturated carbocycles. The summed E-state index contributed by atoms with van der Waals surface area (Å²) in [5.74, 6) is 5.30. The predicted octanol–water partition coefficient (Wildman–Crippen LogP) is 4.34. The van der Waals surface area contributed by atoms with E-state index >= 15 is 0 Å². The molecule has 0 radical (unpaired) electrons. The molecular weight excluding hydrogens is 298 g/mol. The minimum Gasteiger partial charge on any atom is -0.377 e. The number of ether oxygens (including phenoxy) is 2. The van der Waals surface area contributed by atoms with Gasteiger partial charge in [-0.15, -0.1) is 24.7 Å². The van der Waals surface area contributed by atoms with Crippen LogP contribution in [0.2, 0.25) is 0 Å². The molecule has 0 bridgehead atoms. The van der Waals surface area contributed by atoms with Gasteiger partial charge in [-0.3, -0.25) is 4.98 Å². The molecule has 3 heteroatoms. The second kappa shape index (κ2) is 12.6. The number of aromatic nitrogens is 1. The average Bonchev–Trinajstić information content (AvgIpc) is 2.59. The van der Waals surface area contributed by atoms with E-state index in [0.29, 0.717) is 13.2 Å². The fraction of sp³-hybridized carbons (Fsp3) is 0.571. The monoisotopic (exact) mass is 327 g/mol.